The molecule has 0 atom stereocenters. The van der Waals surface area contributed by atoms with Crippen LogP contribution in [0.25, 0.3) is 16.9 Å². The molecule has 0 saturated heterocycles. The minimum absolute atomic E-state index is 0.273. The van der Waals surface area contributed by atoms with Gasteiger partial charge in [-0.15, -0.1) is 0 Å². The zero-order valence-electron chi connectivity index (χ0n) is 9.76. The zero-order chi connectivity index (χ0) is 12.7. The van der Waals surface area contributed by atoms with Crippen molar-refractivity contribution in [2.75, 3.05) is 0 Å². The topological polar surface area (TPSA) is 37.5 Å². The Labute approximate surface area is 118 Å². The highest BCUT2D eigenvalue weighted by Gasteiger charge is 2.10. The van der Waals surface area contributed by atoms with E-state index in [2.05, 4.69) is 45.1 Å². The van der Waals surface area contributed by atoms with E-state index in [1.165, 1.54) is 3.57 Å². The SMILES string of the molecule is Cc1c(-c2ccc(O)cc2)nc2ccc([123I])cn12. The molecule has 4 heteroatoms. The lowest BCUT2D eigenvalue weighted by atomic mass is 10.1. The first kappa shape index (κ1) is 11.5. The predicted molar refractivity (Wildman–Crippen MR) is 79.7 cm³/mol. The third-order valence-electron chi connectivity index (χ3n) is 2.96. The number of phenolic OH excluding ortho intramolecular Hbond substituents is 1. The van der Waals surface area contributed by atoms with Gasteiger partial charge in [0.05, 0.1) is 5.69 Å². The van der Waals surface area contributed by atoms with Gasteiger partial charge in [0.1, 0.15) is 11.4 Å². The van der Waals surface area contributed by atoms with Crippen LogP contribution in [0.1, 0.15) is 5.69 Å². The molecule has 0 saturated carbocycles. The summed E-state index contributed by atoms with van der Waals surface area (Å²) >= 11 is 2.29. The number of phenols is 1. The molecule has 1 N–H and O–H groups in total. The minimum Gasteiger partial charge on any atom is -0.508 e. The number of pyridine rings is 1. The van der Waals surface area contributed by atoms with Crippen molar-refractivity contribution >= 4 is 28.2 Å². The van der Waals surface area contributed by atoms with E-state index in [1.54, 1.807) is 12.1 Å². The fraction of sp³-hybridized carbons (Fsp3) is 0.0714. The second-order valence-corrected chi connectivity index (χ2v) is 5.41. The van der Waals surface area contributed by atoms with Gasteiger partial charge in [0.25, 0.3) is 0 Å². The Kier molecular flexibility index (Phi) is 2.74. The van der Waals surface area contributed by atoms with Crippen molar-refractivity contribution in [2.24, 2.45) is 0 Å². The van der Waals surface area contributed by atoms with Crippen LogP contribution in [0.5, 0.6) is 5.75 Å². The highest BCUT2D eigenvalue weighted by molar-refractivity contribution is 14.1. The van der Waals surface area contributed by atoms with Gasteiger partial charge in [0, 0.05) is 21.0 Å². The van der Waals surface area contributed by atoms with Crippen LogP contribution in [-0.2, 0) is 0 Å². The van der Waals surface area contributed by atoms with Gasteiger partial charge in [-0.05, 0) is 65.9 Å². The van der Waals surface area contributed by atoms with Crippen LogP contribution in [0.3, 0.4) is 0 Å². The monoisotopic (exact) mass is 346 g/mol. The molecule has 3 rings (SSSR count). The summed E-state index contributed by atoms with van der Waals surface area (Å²) in [6.07, 6.45) is 2.07. The van der Waals surface area contributed by atoms with Gasteiger partial charge in [-0.2, -0.15) is 0 Å². The normalized spacial score (nSPS) is 11.0. The number of hydrogen-bond donors (Lipinski definition) is 1. The third kappa shape index (κ3) is 1.86. The van der Waals surface area contributed by atoms with Gasteiger partial charge in [0.2, 0.25) is 0 Å². The van der Waals surface area contributed by atoms with Gasteiger partial charge >= 0.3 is 0 Å². The van der Waals surface area contributed by atoms with Crippen LogP contribution in [-0.4, -0.2) is 14.5 Å². The predicted octanol–water partition coefficient (Wildman–Crippen LogP) is 3.62. The molecule has 90 valence electrons. The number of rotatable bonds is 1. The largest absolute Gasteiger partial charge is 0.508 e. The fourth-order valence-electron chi connectivity index (χ4n) is 2.03. The Bertz CT molecular complexity index is 716. The molecule has 0 radical (unpaired) electrons. The van der Waals surface area contributed by atoms with Crippen molar-refractivity contribution < 1.29 is 5.11 Å². The van der Waals surface area contributed by atoms with E-state index in [1.807, 2.05) is 24.3 Å². The van der Waals surface area contributed by atoms with Crippen LogP contribution < -0.4 is 0 Å². The summed E-state index contributed by atoms with van der Waals surface area (Å²) in [7, 11) is 0. The van der Waals surface area contributed by atoms with Gasteiger partial charge < -0.3 is 9.51 Å². The summed E-state index contributed by atoms with van der Waals surface area (Å²) in [6, 6.07) is 11.2. The summed E-state index contributed by atoms with van der Waals surface area (Å²) in [5, 5.41) is 9.32. The summed E-state index contributed by atoms with van der Waals surface area (Å²) in [5.74, 6) is 0.273. The fourth-order valence-corrected chi connectivity index (χ4v) is 2.49. The molecule has 0 aliphatic heterocycles. The van der Waals surface area contributed by atoms with Crippen LogP contribution in [0.15, 0.2) is 42.6 Å². The number of aromatic hydroxyl groups is 1. The van der Waals surface area contributed by atoms with E-state index in [9.17, 15) is 5.11 Å². The number of imidazole rings is 1. The highest BCUT2D eigenvalue weighted by atomic mass is 123. The minimum atomic E-state index is 0.273. The van der Waals surface area contributed by atoms with E-state index in [0.717, 1.165) is 22.6 Å². The maximum atomic E-state index is 9.32. The van der Waals surface area contributed by atoms with E-state index in [-0.39, 0.29) is 5.75 Å². The van der Waals surface area contributed by atoms with Crippen molar-refractivity contribution in [1.82, 2.24) is 9.38 Å². The second-order valence-electron chi connectivity index (χ2n) is 4.17. The lowest BCUT2D eigenvalue weighted by Crippen LogP contribution is -1.88. The Morgan fingerprint density at radius 1 is 1.11 bits per heavy atom. The third-order valence-corrected chi connectivity index (χ3v) is 3.60. The number of halogens is 1. The summed E-state index contributed by atoms with van der Waals surface area (Å²) in [4.78, 5) is 4.63. The van der Waals surface area contributed by atoms with Crippen molar-refractivity contribution in [3.05, 3.63) is 51.9 Å². The van der Waals surface area contributed by atoms with Crippen LogP contribution >= 0.6 is 22.6 Å². The molecule has 0 unspecified atom stereocenters. The molecule has 0 aliphatic rings. The quantitative estimate of drug-likeness (QED) is 0.684. The van der Waals surface area contributed by atoms with Crippen LogP contribution in [0.4, 0.5) is 0 Å². The van der Waals surface area contributed by atoms with E-state index in [0.29, 0.717) is 0 Å². The van der Waals surface area contributed by atoms with E-state index in [4.69, 9.17) is 0 Å². The first-order valence-electron chi connectivity index (χ1n) is 5.59. The Morgan fingerprint density at radius 2 is 1.83 bits per heavy atom. The van der Waals surface area contributed by atoms with E-state index < -0.39 is 0 Å². The highest BCUT2D eigenvalue weighted by Crippen LogP contribution is 2.25. The number of aryl methyl sites for hydroxylation is 1. The standard InChI is InChI=1S/C14H11IN2O/c1-9-14(10-2-5-12(18)6-3-10)16-13-7-4-11(15)8-17(9)13/h2-8,18H,1H3/i15-4. The van der Waals surface area contributed by atoms with Gasteiger partial charge in [-0.25, -0.2) is 4.98 Å². The molecule has 3 aromatic rings. The summed E-state index contributed by atoms with van der Waals surface area (Å²) in [5.41, 5.74) is 4.02. The molecule has 3 nitrogen and oxygen atoms in total. The van der Waals surface area contributed by atoms with Gasteiger partial charge in [-0.3, -0.25) is 0 Å². The average molecular weight is 346 g/mol. The number of hydrogen-bond acceptors (Lipinski definition) is 2. The second kappa shape index (κ2) is 4.28. The lowest BCUT2D eigenvalue weighted by molar-refractivity contribution is 0.475. The first-order valence-corrected chi connectivity index (χ1v) is 6.66. The Balaban J connectivity index is 2.23. The van der Waals surface area contributed by atoms with Gasteiger partial charge in [-0.1, -0.05) is 0 Å². The maximum absolute atomic E-state index is 9.32. The molecule has 18 heavy (non-hydrogen) atoms. The van der Waals surface area contributed by atoms with Crippen molar-refractivity contribution in [3.63, 3.8) is 0 Å². The van der Waals surface area contributed by atoms with Crippen molar-refractivity contribution in [2.45, 2.75) is 6.92 Å². The van der Waals surface area contributed by atoms with Gasteiger partial charge in [0.15, 0.2) is 0 Å². The van der Waals surface area contributed by atoms with Crippen molar-refractivity contribution in [1.29, 1.82) is 0 Å². The molecule has 1 aromatic carbocycles. The molecule has 2 heterocycles. The Morgan fingerprint density at radius 3 is 2.56 bits per heavy atom. The molecule has 0 bridgehead atoms. The molecule has 2 aromatic heterocycles. The average Bonchev–Trinajstić information content (AvgIpc) is 2.68. The number of benzene rings is 1. The zero-order valence-corrected chi connectivity index (χ0v) is 11.9. The first-order chi connectivity index (χ1) is 8.65. The molecule has 0 fully saturated rings. The molecule has 0 spiro atoms. The smallest absolute Gasteiger partial charge is 0.137 e. The summed E-state index contributed by atoms with van der Waals surface area (Å²) < 4.78 is 3.27. The Hall–Kier alpha value is -1.56. The van der Waals surface area contributed by atoms with E-state index >= 15 is 0 Å². The van der Waals surface area contributed by atoms with Crippen LogP contribution in [0, 0.1) is 10.5 Å². The summed E-state index contributed by atoms with van der Waals surface area (Å²) in [6.45, 7) is 2.05. The number of nitrogens with zero attached hydrogens (tertiary/aromatic N) is 2. The molecule has 0 aliphatic carbocycles. The molecular formula is C14H11IN2O. The maximum Gasteiger partial charge on any atom is 0.137 e. The molecule has 0 amide bonds. The van der Waals surface area contributed by atoms with Crippen LogP contribution in [0.2, 0.25) is 0 Å². The number of fused-ring (bicyclic) bond motifs is 1. The number of aromatic nitrogens is 2. The molecular weight excluding hydrogens is 335 g/mol. The van der Waals surface area contributed by atoms with Crippen molar-refractivity contribution in [3.8, 4) is 17.0 Å². The lowest BCUT2D eigenvalue weighted by Gasteiger charge is -2.00.